The Labute approximate surface area is 147 Å². The van der Waals surface area contributed by atoms with Crippen LogP contribution in [0, 0.1) is 0 Å². The van der Waals surface area contributed by atoms with Crippen molar-refractivity contribution in [1.82, 2.24) is 20.4 Å². The zero-order valence-electron chi connectivity index (χ0n) is 14.1. The molecular formula is C20H22N4O. The number of nitrogens with zero attached hydrogens (tertiary/aromatic N) is 2. The number of hydrogen-bond donors (Lipinski definition) is 2. The van der Waals surface area contributed by atoms with Crippen LogP contribution in [0.15, 0.2) is 54.7 Å². The first kappa shape index (κ1) is 15.8. The van der Waals surface area contributed by atoms with Crippen molar-refractivity contribution in [2.24, 2.45) is 0 Å². The van der Waals surface area contributed by atoms with E-state index in [9.17, 15) is 4.79 Å². The summed E-state index contributed by atoms with van der Waals surface area (Å²) in [7, 11) is 0. The van der Waals surface area contributed by atoms with Gasteiger partial charge in [0, 0.05) is 30.1 Å². The van der Waals surface area contributed by atoms with E-state index in [4.69, 9.17) is 0 Å². The van der Waals surface area contributed by atoms with Crippen LogP contribution in [0.1, 0.15) is 22.3 Å². The Kier molecular flexibility index (Phi) is 4.48. The standard InChI is InChI=1S/C20H22N4O/c25-20(23-18-9-11-21-14-18)16-7-5-15(6-8-16)10-12-24-19-4-2-1-3-17(19)13-22-24/h1-8,13,18,21H,9-12,14H2,(H,23,25). The molecule has 2 aromatic carbocycles. The summed E-state index contributed by atoms with van der Waals surface area (Å²) in [6.07, 6.45) is 3.79. The number of benzene rings is 2. The third-order valence-electron chi connectivity index (χ3n) is 4.77. The van der Waals surface area contributed by atoms with Crippen molar-refractivity contribution in [3.8, 4) is 0 Å². The van der Waals surface area contributed by atoms with Gasteiger partial charge in [-0.1, -0.05) is 30.3 Å². The monoisotopic (exact) mass is 334 g/mol. The fourth-order valence-corrected chi connectivity index (χ4v) is 3.31. The van der Waals surface area contributed by atoms with Crippen molar-refractivity contribution < 1.29 is 4.79 Å². The van der Waals surface area contributed by atoms with Gasteiger partial charge in [0.15, 0.2) is 0 Å². The van der Waals surface area contributed by atoms with Crippen LogP contribution in [0.5, 0.6) is 0 Å². The molecule has 1 amide bonds. The second-order valence-electron chi connectivity index (χ2n) is 6.54. The van der Waals surface area contributed by atoms with Gasteiger partial charge in [0.05, 0.1) is 11.7 Å². The zero-order chi connectivity index (χ0) is 17.1. The average molecular weight is 334 g/mol. The molecular weight excluding hydrogens is 312 g/mol. The van der Waals surface area contributed by atoms with Crippen LogP contribution < -0.4 is 10.6 Å². The first-order chi connectivity index (χ1) is 12.3. The summed E-state index contributed by atoms with van der Waals surface area (Å²) >= 11 is 0. The van der Waals surface area contributed by atoms with Crippen molar-refractivity contribution in [1.29, 1.82) is 0 Å². The van der Waals surface area contributed by atoms with E-state index in [1.807, 2.05) is 47.3 Å². The van der Waals surface area contributed by atoms with E-state index in [1.165, 1.54) is 5.56 Å². The van der Waals surface area contributed by atoms with E-state index in [0.717, 1.165) is 48.9 Å². The van der Waals surface area contributed by atoms with Crippen LogP contribution >= 0.6 is 0 Å². The second kappa shape index (κ2) is 7.07. The van der Waals surface area contributed by atoms with Gasteiger partial charge in [0.2, 0.25) is 0 Å². The molecule has 5 heteroatoms. The smallest absolute Gasteiger partial charge is 0.251 e. The van der Waals surface area contributed by atoms with Crippen molar-refractivity contribution in [3.63, 3.8) is 0 Å². The Balaban J connectivity index is 1.37. The van der Waals surface area contributed by atoms with E-state index in [-0.39, 0.29) is 11.9 Å². The molecule has 0 saturated carbocycles. The lowest BCUT2D eigenvalue weighted by atomic mass is 10.1. The zero-order valence-corrected chi connectivity index (χ0v) is 14.1. The summed E-state index contributed by atoms with van der Waals surface area (Å²) in [6, 6.07) is 16.4. The number of aryl methyl sites for hydroxylation is 2. The highest BCUT2D eigenvalue weighted by molar-refractivity contribution is 5.94. The third kappa shape index (κ3) is 3.56. The first-order valence-electron chi connectivity index (χ1n) is 8.81. The minimum atomic E-state index is 0.0123. The van der Waals surface area contributed by atoms with E-state index in [0.29, 0.717) is 0 Å². The Morgan fingerprint density at radius 2 is 2.04 bits per heavy atom. The number of hydrogen-bond acceptors (Lipinski definition) is 3. The topological polar surface area (TPSA) is 59.0 Å². The van der Waals surface area contributed by atoms with E-state index in [2.05, 4.69) is 27.9 Å². The van der Waals surface area contributed by atoms with Gasteiger partial charge in [0.1, 0.15) is 0 Å². The molecule has 0 spiro atoms. The lowest BCUT2D eigenvalue weighted by Crippen LogP contribution is -2.36. The molecule has 1 aromatic heterocycles. The Hall–Kier alpha value is -2.66. The van der Waals surface area contributed by atoms with Gasteiger partial charge >= 0.3 is 0 Å². The molecule has 128 valence electrons. The summed E-state index contributed by atoms with van der Waals surface area (Å²) in [5, 5.41) is 12.0. The summed E-state index contributed by atoms with van der Waals surface area (Å²) in [5.74, 6) is 0.0123. The SMILES string of the molecule is O=C(NC1CCNC1)c1ccc(CCn2ncc3ccccc32)cc1. The highest BCUT2D eigenvalue weighted by Gasteiger charge is 2.17. The molecule has 1 aliphatic heterocycles. The number of fused-ring (bicyclic) bond motifs is 1. The molecule has 25 heavy (non-hydrogen) atoms. The van der Waals surface area contributed by atoms with Crippen LogP contribution in [-0.4, -0.2) is 34.8 Å². The van der Waals surface area contributed by atoms with Crippen molar-refractivity contribution in [2.75, 3.05) is 13.1 Å². The number of aromatic nitrogens is 2. The second-order valence-corrected chi connectivity index (χ2v) is 6.54. The summed E-state index contributed by atoms with van der Waals surface area (Å²) in [5.41, 5.74) is 3.09. The summed E-state index contributed by atoms with van der Waals surface area (Å²) in [6.45, 7) is 2.67. The lowest BCUT2D eigenvalue weighted by molar-refractivity contribution is 0.0940. The molecule has 4 rings (SSSR count). The molecule has 1 fully saturated rings. The minimum Gasteiger partial charge on any atom is -0.348 e. The Morgan fingerprint density at radius 3 is 2.84 bits per heavy atom. The normalized spacial score (nSPS) is 17.0. The molecule has 2 heterocycles. The lowest BCUT2D eigenvalue weighted by Gasteiger charge is -2.11. The van der Waals surface area contributed by atoms with Crippen molar-refractivity contribution >= 4 is 16.8 Å². The highest BCUT2D eigenvalue weighted by atomic mass is 16.1. The number of amides is 1. The van der Waals surface area contributed by atoms with E-state index in [1.54, 1.807) is 0 Å². The molecule has 0 bridgehead atoms. The molecule has 3 aromatic rings. The molecule has 1 aliphatic rings. The number of para-hydroxylation sites is 1. The van der Waals surface area contributed by atoms with Crippen molar-refractivity contribution in [3.05, 3.63) is 65.9 Å². The van der Waals surface area contributed by atoms with Gasteiger partial charge < -0.3 is 10.6 Å². The number of carbonyl (C=O) groups is 1. The van der Waals surface area contributed by atoms with Crippen LogP contribution in [0.2, 0.25) is 0 Å². The van der Waals surface area contributed by atoms with Gasteiger partial charge in [0.25, 0.3) is 5.91 Å². The average Bonchev–Trinajstić information content (AvgIpc) is 3.30. The molecule has 0 aliphatic carbocycles. The maximum absolute atomic E-state index is 12.3. The molecule has 1 saturated heterocycles. The highest BCUT2D eigenvalue weighted by Crippen LogP contribution is 2.14. The Bertz CT molecular complexity index is 863. The van der Waals surface area contributed by atoms with Crippen LogP contribution in [-0.2, 0) is 13.0 Å². The van der Waals surface area contributed by atoms with Gasteiger partial charge in [-0.2, -0.15) is 5.10 Å². The van der Waals surface area contributed by atoms with Crippen LogP contribution in [0.4, 0.5) is 0 Å². The quantitative estimate of drug-likeness (QED) is 0.753. The molecule has 1 atom stereocenters. The number of carbonyl (C=O) groups excluding carboxylic acids is 1. The molecule has 0 radical (unpaired) electrons. The maximum Gasteiger partial charge on any atom is 0.251 e. The van der Waals surface area contributed by atoms with E-state index < -0.39 is 0 Å². The van der Waals surface area contributed by atoms with Crippen LogP contribution in [0.25, 0.3) is 10.9 Å². The van der Waals surface area contributed by atoms with Crippen molar-refractivity contribution in [2.45, 2.75) is 25.4 Å². The molecule has 5 nitrogen and oxygen atoms in total. The van der Waals surface area contributed by atoms with Gasteiger partial charge in [-0.15, -0.1) is 0 Å². The summed E-state index contributed by atoms with van der Waals surface area (Å²) < 4.78 is 2.03. The van der Waals surface area contributed by atoms with E-state index >= 15 is 0 Å². The van der Waals surface area contributed by atoms with Crippen LogP contribution in [0.3, 0.4) is 0 Å². The largest absolute Gasteiger partial charge is 0.348 e. The molecule has 1 unspecified atom stereocenters. The first-order valence-corrected chi connectivity index (χ1v) is 8.81. The minimum absolute atomic E-state index is 0.0123. The Morgan fingerprint density at radius 1 is 1.20 bits per heavy atom. The fourth-order valence-electron chi connectivity index (χ4n) is 3.31. The fraction of sp³-hybridized carbons (Fsp3) is 0.300. The summed E-state index contributed by atoms with van der Waals surface area (Å²) in [4.78, 5) is 12.3. The predicted octanol–water partition coefficient (Wildman–Crippen LogP) is 2.37. The maximum atomic E-state index is 12.3. The number of rotatable bonds is 5. The predicted molar refractivity (Wildman–Crippen MR) is 98.6 cm³/mol. The van der Waals surface area contributed by atoms with Gasteiger partial charge in [-0.3, -0.25) is 9.48 Å². The third-order valence-corrected chi connectivity index (χ3v) is 4.77. The number of nitrogens with one attached hydrogen (secondary N) is 2. The van der Waals surface area contributed by atoms with Gasteiger partial charge in [-0.25, -0.2) is 0 Å². The van der Waals surface area contributed by atoms with Gasteiger partial charge in [-0.05, 0) is 43.1 Å². The molecule has 2 N–H and O–H groups in total.